The van der Waals surface area contributed by atoms with Crippen LogP contribution in [0.3, 0.4) is 0 Å². The van der Waals surface area contributed by atoms with Crippen molar-refractivity contribution >= 4 is 53.0 Å². The number of carbonyl (C=O) groups excluding carboxylic acids is 4. The van der Waals surface area contributed by atoms with E-state index in [0.29, 0.717) is 32.4 Å². The molecule has 1 aromatic carbocycles. The zero-order valence-electron chi connectivity index (χ0n) is 23.1. The molecule has 0 aromatic heterocycles. The van der Waals surface area contributed by atoms with E-state index in [1.807, 2.05) is 0 Å². The number of benzene rings is 1. The molecule has 11 heteroatoms. The highest BCUT2D eigenvalue weighted by Crippen LogP contribution is 2.65. The lowest BCUT2D eigenvalue weighted by atomic mass is 9.85. The van der Waals surface area contributed by atoms with E-state index in [9.17, 15) is 19.2 Å². The summed E-state index contributed by atoms with van der Waals surface area (Å²) in [7, 11) is 1.65. The molecule has 5 rings (SSSR count). The third kappa shape index (κ3) is 5.34. The van der Waals surface area contributed by atoms with Gasteiger partial charge in [-0.15, -0.1) is 0 Å². The van der Waals surface area contributed by atoms with Crippen LogP contribution < -0.4 is 16.0 Å². The number of piperidine rings is 1. The predicted molar refractivity (Wildman–Crippen MR) is 153 cm³/mol. The monoisotopic (exact) mass is 589 g/mol. The summed E-state index contributed by atoms with van der Waals surface area (Å²) in [5, 5.41) is 9.37. The van der Waals surface area contributed by atoms with Crippen molar-refractivity contribution in [3.63, 3.8) is 0 Å². The van der Waals surface area contributed by atoms with Gasteiger partial charge >= 0.3 is 0 Å². The summed E-state index contributed by atoms with van der Waals surface area (Å²) in [5.74, 6) is -0.862. The van der Waals surface area contributed by atoms with Crippen molar-refractivity contribution in [2.24, 2.45) is 34.1 Å². The average Bonchev–Trinajstić information content (AvgIpc) is 3.21. The van der Waals surface area contributed by atoms with Gasteiger partial charge in [0, 0.05) is 32.3 Å². The summed E-state index contributed by atoms with van der Waals surface area (Å²) in [6.45, 7) is 5.30. The Balaban J connectivity index is 1.44. The number of amides is 4. The standard InChI is InChI=1S/C29H37Cl2N5O4/c1-29(2)19-14-36-24(22(19)29)27(39)34-16(13-32-3)11-18-15(12-33-25(18)37)7-4-5-10-21(28(36)40)35-26(38)17-8-6-9-20(30)23(17)31/h6,8-9,13,15-16,18-19,21-22,24H,4-5,7,10-12,14H2,1-3H3,(H,33,37)(H,34,39)(H,35,38)/t15-,16-,18-,19-,21-,22-,24-/m0/s1. The third-order valence-electron chi connectivity index (χ3n) is 9.49. The minimum atomic E-state index is -0.825. The van der Waals surface area contributed by atoms with Crippen molar-refractivity contribution in [1.82, 2.24) is 20.9 Å². The van der Waals surface area contributed by atoms with Crippen LogP contribution in [0, 0.1) is 29.1 Å². The number of nitrogens with zero attached hydrogens (tertiary/aromatic N) is 2. The summed E-state index contributed by atoms with van der Waals surface area (Å²) in [5.41, 5.74) is 0.128. The summed E-state index contributed by atoms with van der Waals surface area (Å²) in [6, 6.07) is 2.90. The molecular weight excluding hydrogens is 553 g/mol. The maximum atomic E-state index is 14.1. The van der Waals surface area contributed by atoms with Crippen LogP contribution in [0.1, 0.15) is 56.3 Å². The van der Waals surface area contributed by atoms with Crippen molar-refractivity contribution in [2.45, 2.75) is 64.1 Å². The van der Waals surface area contributed by atoms with Crippen LogP contribution in [0.4, 0.5) is 0 Å². The van der Waals surface area contributed by atoms with Crippen molar-refractivity contribution in [1.29, 1.82) is 0 Å². The Morgan fingerprint density at radius 3 is 2.65 bits per heavy atom. The van der Waals surface area contributed by atoms with Gasteiger partial charge in [0.05, 0.1) is 21.7 Å². The van der Waals surface area contributed by atoms with Crippen LogP contribution in [0.2, 0.25) is 10.0 Å². The number of aliphatic imine (C=N–C) groups is 1. The van der Waals surface area contributed by atoms with E-state index in [0.717, 1.165) is 12.8 Å². The highest BCUT2D eigenvalue weighted by molar-refractivity contribution is 6.43. The van der Waals surface area contributed by atoms with E-state index in [1.54, 1.807) is 36.4 Å². The Morgan fingerprint density at radius 2 is 1.90 bits per heavy atom. The number of nitrogens with one attached hydrogen (secondary N) is 3. The molecule has 1 aromatic rings. The first kappa shape index (κ1) is 28.9. The molecule has 40 heavy (non-hydrogen) atoms. The highest BCUT2D eigenvalue weighted by Gasteiger charge is 2.69. The average molecular weight is 591 g/mol. The minimum Gasteiger partial charge on any atom is -0.356 e. The fourth-order valence-electron chi connectivity index (χ4n) is 7.14. The smallest absolute Gasteiger partial charge is 0.253 e. The molecule has 0 bridgehead atoms. The fourth-order valence-corrected chi connectivity index (χ4v) is 7.53. The Kier molecular flexibility index (Phi) is 8.17. The molecule has 4 aliphatic rings. The number of carbonyl (C=O) groups is 4. The molecule has 0 unspecified atom stereocenters. The Hall–Kier alpha value is -2.65. The first-order valence-corrected chi connectivity index (χ1v) is 14.9. The maximum Gasteiger partial charge on any atom is 0.253 e. The van der Waals surface area contributed by atoms with Gasteiger partial charge in [-0.2, -0.15) is 0 Å². The SMILES string of the molecule is CN=C[C@@H]1C[C@@H]2C(=O)NC[C@@H]2CCCC[C@H](NC(=O)c2cccc(Cl)c2Cl)C(=O)N2C[C@H]3[C@@H]([C@H]2C(=O)N1)C3(C)C. The first-order chi connectivity index (χ1) is 19.0. The first-order valence-electron chi connectivity index (χ1n) is 14.1. The second-order valence-electron chi connectivity index (χ2n) is 12.2. The second kappa shape index (κ2) is 11.3. The summed E-state index contributed by atoms with van der Waals surface area (Å²) in [4.78, 5) is 59.7. The second-order valence-corrected chi connectivity index (χ2v) is 13.0. The van der Waals surface area contributed by atoms with Gasteiger partial charge in [0.2, 0.25) is 17.7 Å². The number of fused-ring (bicyclic) bond motifs is 4. The molecule has 3 N–H and O–H groups in total. The van der Waals surface area contributed by atoms with Crippen LogP contribution in [-0.2, 0) is 14.4 Å². The van der Waals surface area contributed by atoms with Crippen LogP contribution in [0.5, 0.6) is 0 Å². The molecule has 1 saturated carbocycles. The Labute approximate surface area is 244 Å². The molecule has 9 nitrogen and oxygen atoms in total. The molecule has 0 radical (unpaired) electrons. The molecule has 3 saturated heterocycles. The number of rotatable bonds is 3. The van der Waals surface area contributed by atoms with E-state index in [4.69, 9.17) is 23.2 Å². The lowest BCUT2D eigenvalue weighted by Crippen LogP contribution is -2.57. The van der Waals surface area contributed by atoms with Gasteiger partial charge in [-0.3, -0.25) is 24.2 Å². The number of hydrogen-bond acceptors (Lipinski definition) is 5. The molecule has 7 atom stereocenters. The van der Waals surface area contributed by atoms with E-state index in [1.165, 1.54) is 0 Å². The normalized spacial score (nSPS) is 33.9. The van der Waals surface area contributed by atoms with Gasteiger partial charge in [0.15, 0.2) is 0 Å². The molecule has 3 aliphatic heterocycles. The predicted octanol–water partition coefficient (Wildman–Crippen LogP) is 3.09. The van der Waals surface area contributed by atoms with Crippen LogP contribution in [-0.4, -0.2) is 73.0 Å². The van der Waals surface area contributed by atoms with Gasteiger partial charge < -0.3 is 20.9 Å². The molecule has 4 fully saturated rings. The highest BCUT2D eigenvalue weighted by atomic mass is 35.5. The van der Waals surface area contributed by atoms with E-state index in [2.05, 4.69) is 34.8 Å². The summed E-state index contributed by atoms with van der Waals surface area (Å²) >= 11 is 12.4. The fraction of sp³-hybridized carbons (Fsp3) is 0.621. The quantitative estimate of drug-likeness (QED) is 0.469. The van der Waals surface area contributed by atoms with Gasteiger partial charge in [0.25, 0.3) is 5.91 Å². The Morgan fingerprint density at radius 1 is 1.15 bits per heavy atom. The van der Waals surface area contributed by atoms with Crippen LogP contribution in [0.25, 0.3) is 0 Å². The zero-order chi connectivity index (χ0) is 28.8. The molecule has 1 aliphatic carbocycles. The molecule has 0 spiro atoms. The van der Waals surface area contributed by atoms with Crippen LogP contribution >= 0.6 is 23.2 Å². The third-order valence-corrected chi connectivity index (χ3v) is 10.3. The molecule has 4 amide bonds. The molecular formula is C29H37Cl2N5O4. The van der Waals surface area contributed by atoms with Crippen molar-refractivity contribution < 1.29 is 19.2 Å². The van der Waals surface area contributed by atoms with E-state index >= 15 is 0 Å². The van der Waals surface area contributed by atoms with Gasteiger partial charge in [0.1, 0.15) is 12.1 Å². The Bertz CT molecular complexity index is 1240. The summed E-state index contributed by atoms with van der Waals surface area (Å²) < 4.78 is 0. The lowest BCUT2D eigenvalue weighted by molar-refractivity contribution is -0.142. The molecule has 216 valence electrons. The largest absolute Gasteiger partial charge is 0.356 e. The zero-order valence-corrected chi connectivity index (χ0v) is 24.6. The topological polar surface area (TPSA) is 120 Å². The number of halogens is 2. The molecule has 3 heterocycles. The number of hydrogen-bond donors (Lipinski definition) is 3. The van der Waals surface area contributed by atoms with Gasteiger partial charge in [-0.1, -0.05) is 56.0 Å². The van der Waals surface area contributed by atoms with Crippen molar-refractivity contribution in [2.75, 3.05) is 20.1 Å². The summed E-state index contributed by atoms with van der Waals surface area (Å²) in [6.07, 6.45) is 4.84. The van der Waals surface area contributed by atoms with Gasteiger partial charge in [-0.05, 0) is 54.6 Å². The van der Waals surface area contributed by atoms with E-state index < -0.39 is 24.0 Å². The van der Waals surface area contributed by atoms with Crippen LogP contribution in [0.15, 0.2) is 23.2 Å². The maximum absolute atomic E-state index is 14.1. The van der Waals surface area contributed by atoms with Crippen molar-refractivity contribution in [3.05, 3.63) is 33.8 Å². The lowest BCUT2D eigenvalue weighted by Gasteiger charge is -2.34. The van der Waals surface area contributed by atoms with Gasteiger partial charge in [-0.25, -0.2) is 0 Å². The van der Waals surface area contributed by atoms with E-state index in [-0.39, 0.29) is 62.4 Å². The minimum absolute atomic E-state index is 0.00504. The van der Waals surface area contributed by atoms with Crippen molar-refractivity contribution in [3.8, 4) is 0 Å².